The second-order valence-electron chi connectivity index (χ2n) is 6.39. The van der Waals surface area contributed by atoms with Crippen LogP contribution in [-0.2, 0) is 4.74 Å². The third kappa shape index (κ3) is 3.77. The van der Waals surface area contributed by atoms with Crippen molar-refractivity contribution >= 4 is 11.7 Å². The molecule has 3 rings (SSSR count). The van der Waals surface area contributed by atoms with Crippen LogP contribution >= 0.6 is 0 Å². The van der Waals surface area contributed by atoms with Gasteiger partial charge in [-0.2, -0.15) is 8.78 Å². The summed E-state index contributed by atoms with van der Waals surface area (Å²) in [4.78, 5) is 12.3. The fourth-order valence-corrected chi connectivity index (χ4v) is 3.83. The Morgan fingerprint density at radius 1 is 1.25 bits per heavy atom. The fourth-order valence-electron chi connectivity index (χ4n) is 3.83. The van der Waals surface area contributed by atoms with Crippen molar-refractivity contribution in [1.82, 2.24) is 5.32 Å². The van der Waals surface area contributed by atoms with E-state index in [1.807, 2.05) is 0 Å². The lowest BCUT2D eigenvalue weighted by atomic mass is 9.75. The highest BCUT2D eigenvalue weighted by Gasteiger charge is 2.44. The molecule has 24 heavy (non-hydrogen) atoms. The predicted octanol–water partition coefficient (Wildman–Crippen LogP) is 3.76. The van der Waals surface area contributed by atoms with Crippen molar-refractivity contribution in [3.63, 3.8) is 0 Å². The van der Waals surface area contributed by atoms with Gasteiger partial charge in [-0.15, -0.1) is 0 Å². The first-order valence-corrected chi connectivity index (χ1v) is 8.28. The molecule has 1 heterocycles. The van der Waals surface area contributed by atoms with Crippen molar-refractivity contribution in [2.24, 2.45) is 5.41 Å². The van der Waals surface area contributed by atoms with Crippen molar-refractivity contribution in [3.05, 3.63) is 24.3 Å². The van der Waals surface area contributed by atoms with E-state index in [-0.39, 0.29) is 22.9 Å². The van der Waals surface area contributed by atoms with E-state index in [0.29, 0.717) is 0 Å². The molecule has 2 N–H and O–H groups in total. The number of benzene rings is 1. The minimum atomic E-state index is -2.93. The molecule has 0 unspecified atom stereocenters. The molecule has 2 fully saturated rings. The van der Waals surface area contributed by atoms with Crippen molar-refractivity contribution in [1.29, 1.82) is 0 Å². The highest BCUT2D eigenvalue weighted by molar-refractivity contribution is 5.91. The van der Waals surface area contributed by atoms with Gasteiger partial charge in [0.05, 0.1) is 5.69 Å². The molecule has 2 aliphatic rings. The summed E-state index contributed by atoms with van der Waals surface area (Å²) < 4.78 is 34.8. The van der Waals surface area contributed by atoms with E-state index in [2.05, 4.69) is 15.4 Å². The highest BCUT2D eigenvalue weighted by atomic mass is 19.3. The summed E-state index contributed by atoms with van der Waals surface area (Å²) in [5, 5.41) is 5.64. The summed E-state index contributed by atoms with van der Waals surface area (Å²) in [6.45, 7) is -1.48. The number of halogens is 2. The number of para-hydroxylation sites is 2. The van der Waals surface area contributed by atoms with E-state index in [1.165, 1.54) is 12.1 Å². The Morgan fingerprint density at radius 2 is 2.00 bits per heavy atom. The molecule has 1 aromatic carbocycles. The maximum atomic E-state index is 12.4. The summed E-state index contributed by atoms with van der Waals surface area (Å²) in [5.74, 6) is -0.0464. The number of nitrogens with one attached hydrogen (secondary N) is 2. The van der Waals surface area contributed by atoms with E-state index >= 15 is 0 Å². The van der Waals surface area contributed by atoms with E-state index < -0.39 is 12.6 Å². The van der Waals surface area contributed by atoms with Gasteiger partial charge in [0.25, 0.3) is 0 Å². The fraction of sp³-hybridized carbons (Fsp3) is 0.588. The highest BCUT2D eigenvalue weighted by Crippen LogP contribution is 2.46. The molecule has 1 spiro atoms. The lowest BCUT2D eigenvalue weighted by molar-refractivity contribution is -0.0493. The zero-order chi connectivity index (χ0) is 17.0. The van der Waals surface area contributed by atoms with Crippen LogP contribution in [0.25, 0.3) is 0 Å². The number of alkyl halides is 2. The molecule has 7 heteroatoms. The van der Waals surface area contributed by atoms with Crippen LogP contribution < -0.4 is 15.4 Å². The van der Waals surface area contributed by atoms with E-state index in [4.69, 9.17) is 4.74 Å². The maximum absolute atomic E-state index is 12.4. The van der Waals surface area contributed by atoms with Crippen molar-refractivity contribution in [2.75, 3.05) is 18.5 Å². The van der Waals surface area contributed by atoms with Gasteiger partial charge in [-0.25, -0.2) is 4.79 Å². The number of urea groups is 1. The number of carbonyl (C=O) groups excluding carboxylic acids is 1. The first-order valence-electron chi connectivity index (χ1n) is 8.28. The van der Waals surface area contributed by atoms with Crippen LogP contribution in [0.4, 0.5) is 19.3 Å². The first kappa shape index (κ1) is 17.0. The number of ether oxygens (including phenoxy) is 2. The largest absolute Gasteiger partial charge is 0.433 e. The Bertz CT molecular complexity index is 577. The Labute approximate surface area is 139 Å². The Hall–Kier alpha value is -1.89. The lowest BCUT2D eigenvalue weighted by Gasteiger charge is -2.39. The summed E-state index contributed by atoms with van der Waals surface area (Å²) in [7, 11) is 0. The lowest BCUT2D eigenvalue weighted by Crippen LogP contribution is -2.48. The number of hydrogen-bond acceptors (Lipinski definition) is 3. The number of carbonyl (C=O) groups is 1. The van der Waals surface area contributed by atoms with Gasteiger partial charge in [-0.3, -0.25) is 0 Å². The van der Waals surface area contributed by atoms with Crippen LogP contribution in [0.15, 0.2) is 24.3 Å². The number of rotatable bonds is 4. The van der Waals surface area contributed by atoms with Gasteiger partial charge in [0.1, 0.15) is 5.75 Å². The van der Waals surface area contributed by atoms with Gasteiger partial charge in [0.15, 0.2) is 0 Å². The quantitative estimate of drug-likeness (QED) is 0.877. The van der Waals surface area contributed by atoms with Crippen LogP contribution in [0.5, 0.6) is 5.75 Å². The second kappa shape index (κ2) is 7.34. The summed E-state index contributed by atoms with van der Waals surface area (Å²) in [6, 6.07) is 5.87. The third-order valence-electron chi connectivity index (χ3n) is 5.05. The Kier molecular flexibility index (Phi) is 5.18. The van der Waals surface area contributed by atoms with Gasteiger partial charge in [-0.1, -0.05) is 18.6 Å². The zero-order valence-electron chi connectivity index (χ0n) is 13.4. The van der Waals surface area contributed by atoms with Crippen LogP contribution in [0.3, 0.4) is 0 Å². The standard InChI is InChI=1S/C17H22F2N2O3/c18-15(19)24-13-5-2-1-4-12(13)20-16(22)21-14-6-3-7-17(14)8-10-23-11-9-17/h1-2,4-5,14-15H,3,6-11H2,(H2,20,21,22)/t14-/m0/s1. The second-order valence-corrected chi connectivity index (χ2v) is 6.39. The molecule has 0 bridgehead atoms. The predicted molar refractivity (Wildman–Crippen MR) is 85.4 cm³/mol. The van der Waals surface area contributed by atoms with Crippen LogP contribution in [0, 0.1) is 5.41 Å². The van der Waals surface area contributed by atoms with Crippen LogP contribution in [-0.4, -0.2) is 31.9 Å². The molecule has 132 valence electrons. The van der Waals surface area contributed by atoms with Gasteiger partial charge in [-0.05, 0) is 43.2 Å². The molecule has 1 atom stereocenters. The minimum Gasteiger partial charge on any atom is -0.433 e. The summed E-state index contributed by atoms with van der Waals surface area (Å²) in [5.41, 5.74) is 0.337. The normalized spacial score (nSPS) is 22.5. The van der Waals surface area contributed by atoms with E-state index in [1.54, 1.807) is 12.1 Å². The van der Waals surface area contributed by atoms with E-state index in [9.17, 15) is 13.6 Å². The van der Waals surface area contributed by atoms with Gasteiger partial charge >= 0.3 is 12.6 Å². The van der Waals surface area contributed by atoms with Crippen molar-refractivity contribution in [3.8, 4) is 5.75 Å². The van der Waals surface area contributed by atoms with Crippen LogP contribution in [0.1, 0.15) is 32.1 Å². The van der Waals surface area contributed by atoms with Crippen molar-refractivity contribution < 1.29 is 23.0 Å². The third-order valence-corrected chi connectivity index (χ3v) is 5.05. The first-order chi connectivity index (χ1) is 11.6. The Morgan fingerprint density at radius 3 is 2.75 bits per heavy atom. The smallest absolute Gasteiger partial charge is 0.387 e. The molecular formula is C17H22F2N2O3. The molecule has 1 saturated carbocycles. The maximum Gasteiger partial charge on any atom is 0.387 e. The van der Waals surface area contributed by atoms with Crippen molar-refractivity contribution in [2.45, 2.75) is 44.8 Å². The zero-order valence-corrected chi connectivity index (χ0v) is 13.4. The molecule has 0 radical (unpaired) electrons. The minimum absolute atomic E-state index is 0.0464. The molecule has 1 aliphatic heterocycles. The topological polar surface area (TPSA) is 59.6 Å². The van der Waals surface area contributed by atoms with Crippen LogP contribution in [0.2, 0.25) is 0 Å². The SMILES string of the molecule is O=C(Nc1ccccc1OC(F)F)N[C@H]1CCCC12CCOCC2. The monoisotopic (exact) mass is 340 g/mol. The molecule has 0 aromatic heterocycles. The molecular weight excluding hydrogens is 318 g/mol. The average molecular weight is 340 g/mol. The molecule has 2 amide bonds. The number of hydrogen-bond donors (Lipinski definition) is 2. The van der Waals surface area contributed by atoms with Gasteiger partial charge in [0, 0.05) is 19.3 Å². The molecule has 1 aromatic rings. The number of amides is 2. The Balaban J connectivity index is 1.63. The molecule has 5 nitrogen and oxygen atoms in total. The summed E-state index contributed by atoms with van der Waals surface area (Å²) >= 11 is 0. The number of anilines is 1. The molecule has 1 aliphatic carbocycles. The van der Waals surface area contributed by atoms with Gasteiger partial charge in [0.2, 0.25) is 0 Å². The van der Waals surface area contributed by atoms with Gasteiger partial charge < -0.3 is 20.1 Å². The van der Waals surface area contributed by atoms with E-state index in [0.717, 1.165) is 45.3 Å². The molecule has 1 saturated heterocycles. The summed E-state index contributed by atoms with van der Waals surface area (Å²) in [6.07, 6.45) is 5.00. The average Bonchev–Trinajstić information content (AvgIpc) is 2.91.